The van der Waals surface area contributed by atoms with Crippen molar-refractivity contribution in [3.05, 3.63) is 47.5 Å². The molecule has 1 fully saturated rings. The summed E-state index contributed by atoms with van der Waals surface area (Å²) in [5.41, 5.74) is 2.39. The van der Waals surface area contributed by atoms with Crippen molar-refractivity contribution in [3.63, 3.8) is 0 Å². The lowest BCUT2D eigenvalue weighted by molar-refractivity contribution is -0.126. The highest BCUT2D eigenvalue weighted by Gasteiger charge is 2.28. The number of amides is 2. The Balaban J connectivity index is 1.48. The van der Waals surface area contributed by atoms with E-state index in [0.717, 1.165) is 11.3 Å². The van der Waals surface area contributed by atoms with Crippen molar-refractivity contribution >= 4 is 11.8 Å². The number of aromatic nitrogens is 3. The zero-order chi connectivity index (χ0) is 18.5. The molecule has 0 atom stereocenters. The van der Waals surface area contributed by atoms with E-state index in [0.29, 0.717) is 44.1 Å². The lowest BCUT2D eigenvalue weighted by atomic mass is 9.95. The van der Waals surface area contributed by atoms with Gasteiger partial charge in [-0.25, -0.2) is 0 Å². The van der Waals surface area contributed by atoms with Gasteiger partial charge in [0, 0.05) is 43.6 Å². The first-order valence-corrected chi connectivity index (χ1v) is 9.05. The van der Waals surface area contributed by atoms with E-state index < -0.39 is 0 Å². The third-order valence-electron chi connectivity index (χ3n) is 4.78. The van der Waals surface area contributed by atoms with Gasteiger partial charge in [-0.15, -0.1) is 0 Å². The smallest absolute Gasteiger partial charge is 0.274 e. The van der Waals surface area contributed by atoms with Crippen molar-refractivity contribution in [2.75, 3.05) is 13.1 Å². The number of carbonyl (C=O) groups excluding carboxylic acids is 2. The molecule has 0 aromatic carbocycles. The van der Waals surface area contributed by atoms with Crippen LogP contribution >= 0.6 is 0 Å². The van der Waals surface area contributed by atoms with Crippen molar-refractivity contribution in [2.24, 2.45) is 5.92 Å². The van der Waals surface area contributed by atoms with Gasteiger partial charge in [-0.3, -0.25) is 19.7 Å². The normalized spacial score (nSPS) is 15.3. The van der Waals surface area contributed by atoms with Crippen molar-refractivity contribution in [3.8, 4) is 0 Å². The minimum Gasteiger partial charge on any atom is -0.352 e. The molecule has 1 saturated heterocycles. The van der Waals surface area contributed by atoms with E-state index in [2.05, 4.69) is 34.3 Å². The Morgan fingerprint density at radius 3 is 2.73 bits per heavy atom. The van der Waals surface area contributed by atoms with Gasteiger partial charge in [0.25, 0.3) is 5.91 Å². The predicted molar refractivity (Wildman–Crippen MR) is 97.4 cm³/mol. The molecule has 0 saturated carbocycles. The minimum absolute atomic E-state index is 0.0443. The lowest BCUT2D eigenvalue weighted by Crippen LogP contribution is -2.43. The minimum atomic E-state index is -0.0673. The molecule has 0 spiro atoms. The van der Waals surface area contributed by atoms with E-state index in [1.165, 1.54) is 0 Å². The van der Waals surface area contributed by atoms with Crippen LogP contribution in [0.5, 0.6) is 0 Å². The number of likely N-dealkylation sites (tertiary alicyclic amines) is 1. The summed E-state index contributed by atoms with van der Waals surface area (Å²) < 4.78 is 0. The van der Waals surface area contributed by atoms with Crippen LogP contribution in [0.3, 0.4) is 0 Å². The monoisotopic (exact) mass is 355 g/mol. The largest absolute Gasteiger partial charge is 0.352 e. The summed E-state index contributed by atoms with van der Waals surface area (Å²) in [6, 6.07) is 5.61. The van der Waals surface area contributed by atoms with Gasteiger partial charge in [-0.1, -0.05) is 19.9 Å². The van der Waals surface area contributed by atoms with E-state index >= 15 is 0 Å². The number of piperidine rings is 1. The van der Waals surface area contributed by atoms with Crippen molar-refractivity contribution in [1.82, 2.24) is 25.4 Å². The van der Waals surface area contributed by atoms with Gasteiger partial charge in [-0.05, 0) is 36.5 Å². The molecule has 0 unspecified atom stereocenters. The van der Waals surface area contributed by atoms with Gasteiger partial charge in [0.15, 0.2) is 0 Å². The van der Waals surface area contributed by atoms with Crippen LogP contribution in [0.15, 0.2) is 30.6 Å². The molecular weight excluding hydrogens is 330 g/mol. The van der Waals surface area contributed by atoms with E-state index in [1.54, 1.807) is 17.3 Å². The van der Waals surface area contributed by atoms with Gasteiger partial charge in [0.05, 0.1) is 0 Å². The van der Waals surface area contributed by atoms with Crippen LogP contribution in [-0.2, 0) is 11.3 Å². The molecule has 138 valence electrons. The maximum Gasteiger partial charge on any atom is 0.274 e. The highest BCUT2D eigenvalue weighted by atomic mass is 16.2. The second-order valence-corrected chi connectivity index (χ2v) is 7.01. The maximum atomic E-state index is 12.6. The van der Waals surface area contributed by atoms with Crippen molar-refractivity contribution in [2.45, 2.75) is 39.2 Å². The Kier molecular flexibility index (Phi) is 5.65. The summed E-state index contributed by atoms with van der Waals surface area (Å²) in [6.45, 7) is 5.74. The van der Waals surface area contributed by atoms with Gasteiger partial charge >= 0.3 is 0 Å². The highest BCUT2D eigenvalue weighted by Crippen LogP contribution is 2.20. The molecule has 2 aromatic heterocycles. The zero-order valence-electron chi connectivity index (χ0n) is 15.2. The Bertz CT molecular complexity index is 748. The Hall–Kier alpha value is -2.70. The van der Waals surface area contributed by atoms with Gasteiger partial charge in [0.1, 0.15) is 5.69 Å². The van der Waals surface area contributed by atoms with Crippen LogP contribution in [0.2, 0.25) is 0 Å². The van der Waals surface area contributed by atoms with Gasteiger partial charge < -0.3 is 10.2 Å². The third-order valence-corrected chi connectivity index (χ3v) is 4.78. The summed E-state index contributed by atoms with van der Waals surface area (Å²) in [4.78, 5) is 30.7. The summed E-state index contributed by atoms with van der Waals surface area (Å²) in [6.07, 6.45) is 4.80. The van der Waals surface area contributed by atoms with Crippen LogP contribution < -0.4 is 5.32 Å². The average molecular weight is 355 g/mol. The fraction of sp³-hybridized carbons (Fsp3) is 0.474. The fourth-order valence-electron chi connectivity index (χ4n) is 3.08. The number of aromatic amines is 1. The van der Waals surface area contributed by atoms with E-state index in [1.807, 2.05) is 18.2 Å². The van der Waals surface area contributed by atoms with Crippen molar-refractivity contribution < 1.29 is 9.59 Å². The van der Waals surface area contributed by atoms with Crippen LogP contribution in [0.4, 0.5) is 0 Å². The average Bonchev–Trinajstić information content (AvgIpc) is 3.17. The molecule has 1 aliphatic rings. The number of rotatable bonds is 5. The molecule has 7 heteroatoms. The number of hydrogen-bond acceptors (Lipinski definition) is 4. The van der Waals surface area contributed by atoms with Crippen molar-refractivity contribution in [1.29, 1.82) is 0 Å². The summed E-state index contributed by atoms with van der Waals surface area (Å²) in [5, 5.41) is 10.0. The topological polar surface area (TPSA) is 91.0 Å². The van der Waals surface area contributed by atoms with Gasteiger partial charge in [0.2, 0.25) is 5.91 Å². The first-order chi connectivity index (χ1) is 12.5. The molecule has 2 N–H and O–H groups in total. The Morgan fingerprint density at radius 2 is 2.12 bits per heavy atom. The van der Waals surface area contributed by atoms with E-state index in [-0.39, 0.29) is 17.7 Å². The molecule has 2 aromatic rings. The molecular formula is C19H25N5O2. The lowest BCUT2D eigenvalue weighted by Gasteiger charge is -2.30. The van der Waals surface area contributed by atoms with Crippen LogP contribution in [0.25, 0.3) is 0 Å². The predicted octanol–water partition coefficient (Wildman–Crippen LogP) is 2.10. The SMILES string of the molecule is CC(C)c1cc(C(=O)N2CCC(C(=O)NCc3cccnc3)CC2)n[nH]1. The number of pyridine rings is 1. The quantitative estimate of drug-likeness (QED) is 0.859. The maximum absolute atomic E-state index is 12.6. The molecule has 3 heterocycles. The second kappa shape index (κ2) is 8.12. The molecule has 0 bridgehead atoms. The zero-order valence-corrected chi connectivity index (χ0v) is 15.2. The Morgan fingerprint density at radius 1 is 1.35 bits per heavy atom. The number of nitrogens with one attached hydrogen (secondary N) is 2. The third kappa shape index (κ3) is 4.28. The highest BCUT2D eigenvalue weighted by molar-refractivity contribution is 5.92. The molecule has 26 heavy (non-hydrogen) atoms. The first kappa shape index (κ1) is 18.1. The molecule has 3 rings (SSSR count). The molecule has 0 radical (unpaired) electrons. The number of hydrogen-bond donors (Lipinski definition) is 2. The Labute approximate surface area is 153 Å². The van der Waals surface area contributed by atoms with Crippen LogP contribution in [0.1, 0.15) is 54.4 Å². The number of carbonyl (C=O) groups is 2. The number of H-pyrrole nitrogens is 1. The fourth-order valence-corrected chi connectivity index (χ4v) is 3.08. The standard InChI is InChI=1S/C19H25N5O2/c1-13(2)16-10-17(23-22-16)19(26)24-8-5-15(6-9-24)18(25)21-12-14-4-3-7-20-11-14/h3-4,7,10-11,13,15H,5-6,8-9,12H2,1-2H3,(H,21,25)(H,22,23). The molecule has 2 amide bonds. The van der Waals surface area contributed by atoms with Crippen LogP contribution in [0, 0.1) is 5.92 Å². The molecule has 0 aliphatic carbocycles. The van der Waals surface area contributed by atoms with Gasteiger partial charge in [-0.2, -0.15) is 5.10 Å². The summed E-state index contributed by atoms with van der Waals surface area (Å²) >= 11 is 0. The van der Waals surface area contributed by atoms with Crippen LogP contribution in [-0.4, -0.2) is 45.0 Å². The van der Waals surface area contributed by atoms with E-state index in [9.17, 15) is 9.59 Å². The first-order valence-electron chi connectivity index (χ1n) is 9.05. The molecule has 1 aliphatic heterocycles. The summed E-state index contributed by atoms with van der Waals surface area (Å²) in [7, 11) is 0. The molecule has 7 nitrogen and oxygen atoms in total. The number of nitrogens with zero attached hydrogens (tertiary/aromatic N) is 3. The summed E-state index contributed by atoms with van der Waals surface area (Å²) in [5.74, 6) is 0.226. The van der Waals surface area contributed by atoms with E-state index in [4.69, 9.17) is 0 Å². The second-order valence-electron chi connectivity index (χ2n) is 7.01.